The Morgan fingerprint density at radius 1 is 1.08 bits per heavy atom. The third-order valence-corrected chi connectivity index (χ3v) is 11.6. The predicted octanol–water partition coefficient (Wildman–Crippen LogP) is 6.19. The molecule has 1 N–H and O–H groups in total. The van der Waals surface area contributed by atoms with Crippen molar-refractivity contribution in [1.82, 2.24) is 5.32 Å². The molecule has 38 heavy (non-hydrogen) atoms. The molecule has 1 aromatic rings. The molecule has 1 fully saturated rings. The van der Waals surface area contributed by atoms with Gasteiger partial charge in [-0.15, -0.1) is 0 Å². The molecule has 1 aromatic carbocycles. The fourth-order valence-corrected chi connectivity index (χ4v) is 4.65. The molecular weight excluding hydrogens is 498 g/mol. The van der Waals surface area contributed by atoms with Crippen LogP contribution >= 0.6 is 0 Å². The summed E-state index contributed by atoms with van der Waals surface area (Å²) in [4.78, 5) is 13.0. The summed E-state index contributed by atoms with van der Waals surface area (Å²) in [6, 6.07) is 9.55. The van der Waals surface area contributed by atoms with Crippen molar-refractivity contribution in [3.05, 3.63) is 48.0 Å². The van der Waals surface area contributed by atoms with Gasteiger partial charge in [-0.05, 0) is 44.5 Å². The Morgan fingerprint density at radius 3 is 2.29 bits per heavy atom. The molecular formula is C30H51NO6Si. The molecule has 1 saturated heterocycles. The first-order valence-corrected chi connectivity index (χ1v) is 16.5. The van der Waals surface area contributed by atoms with E-state index in [0.717, 1.165) is 5.56 Å². The third kappa shape index (κ3) is 10.2. The van der Waals surface area contributed by atoms with Crippen LogP contribution in [0.1, 0.15) is 67.9 Å². The Hall–Kier alpha value is -1.55. The minimum atomic E-state index is -2.00. The van der Waals surface area contributed by atoms with Crippen LogP contribution in [-0.2, 0) is 34.8 Å². The van der Waals surface area contributed by atoms with Crippen molar-refractivity contribution >= 4 is 14.2 Å². The van der Waals surface area contributed by atoms with E-state index in [1.54, 1.807) is 0 Å². The molecule has 0 aliphatic carbocycles. The number of hydrogen-bond acceptors (Lipinski definition) is 6. The lowest BCUT2D eigenvalue weighted by atomic mass is 9.94. The van der Waals surface area contributed by atoms with E-state index in [1.807, 2.05) is 84.0 Å². The number of ether oxygens (including phenoxy) is 4. The number of carbonyl (C=O) groups is 1. The first-order valence-electron chi connectivity index (χ1n) is 13.6. The van der Waals surface area contributed by atoms with Crippen molar-refractivity contribution in [1.29, 1.82) is 0 Å². The summed E-state index contributed by atoms with van der Waals surface area (Å²) < 4.78 is 30.6. The van der Waals surface area contributed by atoms with Crippen LogP contribution in [0.3, 0.4) is 0 Å². The zero-order valence-electron chi connectivity index (χ0n) is 25.4. The van der Waals surface area contributed by atoms with E-state index in [4.69, 9.17) is 23.4 Å². The summed E-state index contributed by atoms with van der Waals surface area (Å²) in [5.41, 5.74) is 0.540. The topological polar surface area (TPSA) is 75.3 Å². The third-order valence-electron chi connectivity index (χ3n) is 7.08. The van der Waals surface area contributed by atoms with Gasteiger partial charge in [0.05, 0.1) is 25.4 Å². The van der Waals surface area contributed by atoms with Crippen LogP contribution in [0.2, 0.25) is 18.1 Å². The summed E-state index contributed by atoms with van der Waals surface area (Å²) in [6.07, 6.45) is 2.90. The highest BCUT2D eigenvalue weighted by Crippen LogP contribution is 2.38. The predicted molar refractivity (Wildman–Crippen MR) is 154 cm³/mol. The number of benzene rings is 1. The molecule has 0 unspecified atom stereocenters. The minimum Gasteiger partial charge on any atom is -0.414 e. The maximum Gasteiger partial charge on any atom is 0.225 e. The van der Waals surface area contributed by atoms with E-state index < -0.39 is 31.7 Å². The fourth-order valence-electron chi connectivity index (χ4n) is 3.63. The molecule has 0 radical (unpaired) electrons. The van der Waals surface area contributed by atoms with Crippen LogP contribution in [0.25, 0.3) is 0 Å². The number of hydrogen-bond donors (Lipinski definition) is 1. The van der Waals surface area contributed by atoms with Crippen LogP contribution in [-0.4, -0.2) is 57.8 Å². The van der Waals surface area contributed by atoms with E-state index in [1.165, 1.54) is 0 Å². The quantitative estimate of drug-likeness (QED) is 0.145. The van der Waals surface area contributed by atoms with Crippen molar-refractivity contribution in [3.63, 3.8) is 0 Å². The van der Waals surface area contributed by atoms with Crippen LogP contribution < -0.4 is 5.32 Å². The average Bonchev–Trinajstić information content (AvgIpc) is 3.11. The highest BCUT2D eigenvalue weighted by molar-refractivity contribution is 6.74. The summed E-state index contributed by atoms with van der Waals surface area (Å²) in [5.74, 6) is -0.859. The molecule has 0 spiro atoms. The molecule has 7 nitrogen and oxygen atoms in total. The van der Waals surface area contributed by atoms with Gasteiger partial charge in [-0.1, -0.05) is 84.0 Å². The lowest BCUT2D eigenvalue weighted by Gasteiger charge is -2.37. The van der Waals surface area contributed by atoms with Gasteiger partial charge in [0.25, 0.3) is 0 Å². The summed E-state index contributed by atoms with van der Waals surface area (Å²) in [7, 11) is -2.00. The lowest BCUT2D eigenvalue weighted by molar-refractivity contribution is -0.151. The maximum absolute atomic E-state index is 13.0. The molecule has 8 heteroatoms. The summed E-state index contributed by atoms with van der Waals surface area (Å²) >= 11 is 0. The number of carbonyl (C=O) groups excluding carboxylic acids is 1. The second kappa shape index (κ2) is 13.2. The van der Waals surface area contributed by atoms with Gasteiger partial charge in [-0.25, -0.2) is 0 Å². The van der Waals surface area contributed by atoms with Crippen LogP contribution in [0.5, 0.6) is 0 Å². The monoisotopic (exact) mass is 549 g/mol. The molecule has 216 valence electrons. The first-order chi connectivity index (χ1) is 17.4. The number of nitrogens with one attached hydrogen (secondary N) is 1. The van der Waals surface area contributed by atoms with Gasteiger partial charge in [-0.3, -0.25) is 4.79 Å². The van der Waals surface area contributed by atoms with E-state index in [0.29, 0.717) is 13.2 Å². The Balaban J connectivity index is 2.11. The van der Waals surface area contributed by atoms with Crippen molar-refractivity contribution < 1.29 is 28.2 Å². The van der Waals surface area contributed by atoms with Gasteiger partial charge in [0.15, 0.2) is 14.1 Å². The Labute approximate surface area is 231 Å². The standard InChI is InChI=1S/C30H51NO6Si/c1-22(34-21-33-19-23-15-13-12-14-16-23)17-18-24(31-27(32)28(2,3)4)26-25(36-30(8,9)37-26)20-35-38(10,11)29(5,6)7/h12-18,22,24-26H,19-21H2,1-11H3,(H,31,32)/b18-17+/t22-,24-,25+,26+/m1/s1. The number of rotatable bonds is 12. The molecule has 0 aromatic heterocycles. The largest absolute Gasteiger partial charge is 0.414 e. The summed E-state index contributed by atoms with van der Waals surface area (Å²) in [6.45, 7) is 23.6. The highest BCUT2D eigenvalue weighted by atomic mass is 28.4. The molecule has 0 saturated carbocycles. The highest BCUT2D eigenvalue weighted by Gasteiger charge is 2.47. The van der Waals surface area contributed by atoms with E-state index in [2.05, 4.69) is 39.2 Å². The van der Waals surface area contributed by atoms with Gasteiger partial charge in [-0.2, -0.15) is 0 Å². The molecule has 1 aliphatic heterocycles. The van der Waals surface area contributed by atoms with E-state index in [-0.39, 0.29) is 29.9 Å². The maximum atomic E-state index is 13.0. The van der Waals surface area contributed by atoms with Crippen molar-refractivity contribution in [3.8, 4) is 0 Å². The Bertz CT molecular complexity index is 904. The van der Waals surface area contributed by atoms with Gasteiger partial charge < -0.3 is 28.7 Å². The zero-order valence-corrected chi connectivity index (χ0v) is 26.4. The van der Waals surface area contributed by atoms with Crippen molar-refractivity contribution in [2.24, 2.45) is 5.41 Å². The second-order valence-corrected chi connectivity index (χ2v) is 18.0. The molecule has 1 aliphatic rings. The van der Waals surface area contributed by atoms with Gasteiger partial charge in [0, 0.05) is 5.41 Å². The van der Waals surface area contributed by atoms with Gasteiger partial charge in [0.2, 0.25) is 5.91 Å². The van der Waals surface area contributed by atoms with Gasteiger partial charge >= 0.3 is 0 Å². The Morgan fingerprint density at radius 2 is 1.71 bits per heavy atom. The minimum absolute atomic E-state index is 0.0655. The second-order valence-electron chi connectivity index (χ2n) is 13.2. The van der Waals surface area contributed by atoms with E-state index >= 15 is 0 Å². The zero-order chi connectivity index (χ0) is 28.8. The molecule has 4 atom stereocenters. The Kier molecular flexibility index (Phi) is 11.3. The summed E-state index contributed by atoms with van der Waals surface area (Å²) in [5, 5.41) is 3.25. The first kappa shape index (κ1) is 32.7. The van der Waals surface area contributed by atoms with Crippen molar-refractivity contribution in [2.45, 2.75) is 117 Å². The lowest BCUT2D eigenvalue weighted by Crippen LogP contribution is -2.51. The smallest absolute Gasteiger partial charge is 0.225 e. The van der Waals surface area contributed by atoms with Crippen LogP contribution in [0.4, 0.5) is 0 Å². The average molecular weight is 550 g/mol. The van der Waals surface area contributed by atoms with Gasteiger partial charge in [0.1, 0.15) is 19.0 Å². The van der Waals surface area contributed by atoms with Crippen LogP contribution in [0.15, 0.2) is 42.5 Å². The van der Waals surface area contributed by atoms with E-state index in [9.17, 15) is 4.79 Å². The fraction of sp³-hybridized carbons (Fsp3) is 0.700. The molecule has 0 bridgehead atoms. The number of amides is 1. The molecule has 1 amide bonds. The molecule has 1 heterocycles. The van der Waals surface area contributed by atoms with Crippen molar-refractivity contribution in [2.75, 3.05) is 13.4 Å². The van der Waals surface area contributed by atoms with Crippen LogP contribution in [0, 0.1) is 5.41 Å². The normalized spacial score (nSPS) is 22.0. The molecule has 2 rings (SSSR count). The SMILES string of the molecule is C[C@H](/C=C/[C@@H](NC(=O)C(C)(C)C)[C@@H]1OC(C)(C)O[C@H]1CO[Si](C)(C)C(C)(C)C)OCOCc1ccccc1.